The zero-order chi connectivity index (χ0) is 25.2. The fraction of sp³-hybridized carbons (Fsp3) is 0.462. The van der Waals surface area contributed by atoms with Gasteiger partial charge in [0.15, 0.2) is 6.23 Å². The fourth-order valence-corrected chi connectivity index (χ4v) is 6.14. The molecular weight excluding hydrogens is 476 g/mol. The summed E-state index contributed by atoms with van der Waals surface area (Å²) >= 11 is 1.65. The first-order chi connectivity index (χ1) is 17.4. The van der Waals surface area contributed by atoms with E-state index in [1.807, 2.05) is 23.9 Å². The van der Waals surface area contributed by atoms with Crippen molar-refractivity contribution in [1.82, 2.24) is 19.7 Å². The first kappa shape index (κ1) is 24.5. The monoisotopic (exact) mass is 508 g/mol. The Morgan fingerprint density at radius 3 is 2.83 bits per heavy atom. The van der Waals surface area contributed by atoms with Crippen molar-refractivity contribution in [2.24, 2.45) is 5.92 Å². The quantitative estimate of drug-likeness (QED) is 0.500. The van der Waals surface area contributed by atoms with Crippen LogP contribution in [0.2, 0.25) is 0 Å². The number of hydrogen-bond acceptors (Lipinski definition) is 7. The second-order valence-electron chi connectivity index (χ2n) is 9.72. The minimum atomic E-state index is -0.663. The van der Waals surface area contributed by atoms with E-state index in [-0.39, 0.29) is 12.3 Å². The Morgan fingerprint density at radius 2 is 2.06 bits per heavy atom. The summed E-state index contributed by atoms with van der Waals surface area (Å²) < 4.78 is 7.92. The molecule has 0 aromatic carbocycles. The van der Waals surface area contributed by atoms with Gasteiger partial charge in [0.05, 0.1) is 28.5 Å². The van der Waals surface area contributed by atoms with E-state index in [0.717, 1.165) is 59.7 Å². The van der Waals surface area contributed by atoms with Crippen molar-refractivity contribution < 1.29 is 14.3 Å². The third kappa shape index (κ3) is 5.01. The van der Waals surface area contributed by atoms with Gasteiger partial charge in [0.1, 0.15) is 5.82 Å². The number of piperidine rings is 1. The summed E-state index contributed by atoms with van der Waals surface area (Å²) in [4.78, 5) is 34.2. The lowest BCUT2D eigenvalue weighted by molar-refractivity contribution is -0.146. The molecule has 10 heteroatoms. The van der Waals surface area contributed by atoms with Crippen LogP contribution in [-0.2, 0) is 14.3 Å². The van der Waals surface area contributed by atoms with Crippen molar-refractivity contribution >= 4 is 34.7 Å². The van der Waals surface area contributed by atoms with Gasteiger partial charge in [0, 0.05) is 24.2 Å². The van der Waals surface area contributed by atoms with Gasteiger partial charge >= 0.3 is 11.8 Å². The maximum absolute atomic E-state index is 13.3. The van der Waals surface area contributed by atoms with E-state index < -0.39 is 11.8 Å². The van der Waals surface area contributed by atoms with Gasteiger partial charge in [-0.3, -0.25) is 9.59 Å². The zero-order valence-corrected chi connectivity index (χ0v) is 21.5. The van der Waals surface area contributed by atoms with E-state index in [4.69, 9.17) is 10.5 Å². The van der Waals surface area contributed by atoms with Gasteiger partial charge in [0.25, 0.3) is 0 Å². The number of nitrogens with one attached hydrogen (secondary N) is 1. The SMILES string of the molecule is Cc1cc(NC(=O)C(=O)N2CC(C)CCC2c2ccc(-c3ccnn3C3CCCCO3)s2)cnc1N. The number of aromatic nitrogens is 3. The molecule has 0 saturated carbocycles. The molecule has 5 heterocycles. The number of nitrogens with zero attached hydrogens (tertiary/aromatic N) is 4. The molecule has 2 amide bonds. The molecule has 2 aliphatic heterocycles. The van der Waals surface area contributed by atoms with Gasteiger partial charge in [-0.15, -0.1) is 11.3 Å². The Balaban J connectivity index is 1.35. The summed E-state index contributed by atoms with van der Waals surface area (Å²) in [6.07, 6.45) is 8.21. The van der Waals surface area contributed by atoms with Crippen LogP contribution in [0.1, 0.15) is 61.7 Å². The number of pyridine rings is 1. The maximum atomic E-state index is 13.3. The number of nitrogens with two attached hydrogens (primary N) is 1. The predicted octanol–water partition coefficient (Wildman–Crippen LogP) is 4.53. The molecule has 2 saturated heterocycles. The van der Waals surface area contributed by atoms with Crippen molar-refractivity contribution in [2.45, 2.75) is 58.2 Å². The van der Waals surface area contributed by atoms with Crippen LogP contribution in [0.3, 0.4) is 0 Å². The molecule has 3 unspecified atom stereocenters. The summed E-state index contributed by atoms with van der Waals surface area (Å²) in [5.74, 6) is -0.474. The fourth-order valence-electron chi connectivity index (χ4n) is 4.97. The number of hydrogen-bond donors (Lipinski definition) is 2. The van der Waals surface area contributed by atoms with Crippen LogP contribution in [-0.4, -0.2) is 44.6 Å². The molecule has 0 radical (unpaired) electrons. The second kappa shape index (κ2) is 10.4. The molecule has 3 N–H and O–H groups in total. The third-order valence-electron chi connectivity index (χ3n) is 6.96. The molecule has 36 heavy (non-hydrogen) atoms. The van der Waals surface area contributed by atoms with Crippen LogP contribution in [0.25, 0.3) is 10.6 Å². The van der Waals surface area contributed by atoms with Crippen LogP contribution in [0.5, 0.6) is 0 Å². The van der Waals surface area contributed by atoms with Crippen molar-refractivity contribution in [3.05, 3.63) is 47.1 Å². The van der Waals surface area contributed by atoms with Crippen molar-refractivity contribution in [1.29, 1.82) is 0 Å². The van der Waals surface area contributed by atoms with Gasteiger partial charge < -0.3 is 20.7 Å². The minimum Gasteiger partial charge on any atom is -0.383 e. The Labute approximate surface area is 214 Å². The van der Waals surface area contributed by atoms with Gasteiger partial charge in [-0.25, -0.2) is 9.67 Å². The molecule has 0 aliphatic carbocycles. The molecule has 0 spiro atoms. The number of carbonyl (C=O) groups excluding carboxylic acids is 2. The van der Waals surface area contributed by atoms with E-state index in [1.54, 1.807) is 22.3 Å². The number of amides is 2. The van der Waals surface area contributed by atoms with Crippen molar-refractivity contribution in [3.8, 4) is 10.6 Å². The standard InChI is InChI=1S/C26H32N6O3S/c1-16-6-7-19(31(15-16)26(34)25(33)30-18-13-17(2)24(27)28-14-18)21-8-9-22(36-21)20-10-11-29-32(20)23-5-3-4-12-35-23/h8-11,13-14,16,19,23H,3-7,12,15H2,1-2H3,(H2,27,28)(H,30,33). The van der Waals surface area contributed by atoms with Gasteiger partial charge in [-0.2, -0.15) is 5.10 Å². The summed E-state index contributed by atoms with van der Waals surface area (Å²) in [5, 5.41) is 7.23. The predicted molar refractivity (Wildman–Crippen MR) is 139 cm³/mol. The largest absolute Gasteiger partial charge is 0.383 e. The number of ether oxygens (including phenoxy) is 1. The highest BCUT2D eigenvalue weighted by atomic mass is 32.1. The van der Waals surface area contributed by atoms with Crippen LogP contribution < -0.4 is 11.1 Å². The van der Waals surface area contributed by atoms with Crippen LogP contribution in [0.4, 0.5) is 11.5 Å². The number of nitrogen functional groups attached to an aromatic ring is 1. The Bertz CT molecular complexity index is 1250. The van der Waals surface area contributed by atoms with Crippen molar-refractivity contribution in [3.63, 3.8) is 0 Å². The molecule has 0 bridgehead atoms. The van der Waals surface area contributed by atoms with E-state index in [2.05, 4.69) is 34.5 Å². The number of aryl methyl sites for hydroxylation is 1. The lowest BCUT2D eigenvalue weighted by atomic mass is 9.93. The normalized spacial score (nSPS) is 22.4. The molecule has 5 rings (SSSR count). The third-order valence-corrected chi connectivity index (χ3v) is 8.16. The highest BCUT2D eigenvalue weighted by Gasteiger charge is 2.35. The number of anilines is 2. The molecule has 9 nitrogen and oxygen atoms in total. The maximum Gasteiger partial charge on any atom is 0.313 e. The first-order valence-electron chi connectivity index (χ1n) is 12.5. The van der Waals surface area contributed by atoms with Gasteiger partial charge in [-0.1, -0.05) is 6.92 Å². The van der Waals surface area contributed by atoms with Gasteiger partial charge in [0.2, 0.25) is 0 Å². The molecule has 3 aromatic rings. The first-order valence-corrected chi connectivity index (χ1v) is 13.3. The molecule has 2 aliphatic rings. The summed E-state index contributed by atoms with van der Waals surface area (Å²) in [7, 11) is 0. The number of carbonyl (C=O) groups is 2. The highest BCUT2D eigenvalue weighted by Crippen LogP contribution is 2.40. The van der Waals surface area contributed by atoms with Gasteiger partial charge in [-0.05, 0) is 74.8 Å². The smallest absolute Gasteiger partial charge is 0.313 e. The summed E-state index contributed by atoms with van der Waals surface area (Å²) in [5.41, 5.74) is 7.99. The zero-order valence-electron chi connectivity index (χ0n) is 20.6. The van der Waals surface area contributed by atoms with Crippen LogP contribution >= 0.6 is 11.3 Å². The number of likely N-dealkylation sites (tertiary alicyclic amines) is 1. The molecule has 3 atom stereocenters. The van der Waals surface area contributed by atoms with Crippen molar-refractivity contribution in [2.75, 3.05) is 24.2 Å². The summed E-state index contributed by atoms with van der Waals surface area (Å²) in [6.45, 7) is 5.22. The lowest BCUT2D eigenvalue weighted by Crippen LogP contribution is -2.46. The molecule has 3 aromatic heterocycles. The molecule has 2 fully saturated rings. The average molecular weight is 509 g/mol. The number of rotatable bonds is 4. The minimum absolute atomic E-state index is 0.0435. The summed E-state index contributed by atoms with van der Waals surface area (Å²) in [6, 6.07) is 7.74. The lowest BCUT2D eigenvalue weighted by Gasteiger charge is -2.37. The average Bonchev–Trinajstić information content (AvgIpc) is 3.56. The van der Waals surface area contributed by atoms with E-state index in [0.29, 0.717) is 24.0 Å². The second-order valence-corrected chi connectivity index (χ2v) is 10.8. The molecular formula is C26H32N6O3S. The highest BCUT2D eigenvalue weighted by molar-refractivity contribution is 7.15. The Hall–Kier alpha value is -3.24. The Morgan fingerprint density at radius 1 is 1.19 bits per heavy atom. The van der Waals surface area contributed by atoms with Crippen LogP contribution in [0.15, 0.2) is 36.7 Å². The van der Waals surface area contributed by atoms with E-state index in [1.165, 1.54) is 6.20 Å². The Kier molecular flexibility index (Phi) is 7.06. The molecule has 190 valence electrons. The number of thiophene rings is 1. The van der Waals surface area contributed by atoms with E-state index in [9.17, 15) is 9.59 Å². The van der Waals surface area contributed by atoms with E-state index >= 15 is 0 Å². The topological polar surface area (TPSA) is 115 Å². The van der Waals surface area contributed by atoms with Crippen LogP contribution in [0, 0.1) is 12.8 Å².